The third-order valence-electron chi connectivity index (χ3n) is 2.04. The van der Waals surface area contributed by atoms with Crippen LogP contribution in [0.5, 0.6) is 0 Å². The zero-order valence-corrected chi connectivity index (χ0v) is 12.1. The summed E-state index contributed by atoms with van der Waals surface area (Å²) in [6, 6.07) is 16.2. The fourth-order valence-corrected chi connectivity index (χ4v) is 1.83. The second-order valence-corrected chi connectivity index (χ2v) is 5.43. The van der Waals surface area contributed by atoms with Gasteiger partial charge >= 0.3 is 0 Å². The maximum Gasteiger partial charge on any atom is 0.0249 e. The Hall–Kier alpha value is -0.790. The Morgan fingerprint density at radius 1 is 0.750 bits per heavy atom. The van der Waals surface area contributed by atoms with Crippen molar-refractivity contribution in [1.82, 2.24) is 0 Å². The van der Waals surface area contributed by atoms with Gasteiger partial charge in [0.15, 0.2) is 0 Å². The second-order valence-electron chi connectivity index (χ2n) is 3.26. The lowest BCUT2D eigenvalue weighted by atomic mass is 10.2. The summed E-state index contributed by atoms with van der Waals surface area (Å²) in [4.78, 5) is 0. The van der Waals surface area contributed by atoms with Crippen molar-refractivity contribution in [2.24, 2.45) is 0 Å². The van der Waals surface area contributed by atoms with Gasteiger partial charge in [0.25, 0.3) is 0 Å². The average Bonchev–Trinajstić information content (AvgIpc) is 2.30. The molecule has 2 rings (SSSR count). The van der Waals surface area contributed by atoms with E-state index in [2.05, 4.69) is 62.5 Å². The van der Waals surface area contributed by atoms with Crippen LogP contribution >= 0.6 is 38.5 Å². The summed E-state index contributed by atoms with van der Waals surface area (Å²) in [5, 5.41) is 0. The van der Waals surface area contributed by atoms with Crippen molar-refractivity contribution < 1.29 is 0 Å². The molecule has 0 aliphatic heterocycles. The Balaban J connectivity index is 2.21. The number of hydrogen-bond donors (Lipinski definition) is 0. The van der Waals surface area contributed by atoms with Crippen LogP contribution in [0.1, 0.15) is 11.1 Å². The van der Waals surface area contributed by atoms with Gasteiger partial charge in [0.1, 0.15) is 0 Å². The molecule has 0 spiro atoms. The van der Waals surface area contributed by atoms with E-state index < -0.39 is 0 Å². The topological polar surface area (TPSA) is 0 Å². The highest BCUT2D eigenvalue weighted by Gasteiger charge is 1.89. The second kappa shape index (κ2) is 5.51. The summed E-state index contributed by atoms with van der Waals surface area (Å²) >= 11 is 5.69. The fourth-order valence-electron chi connectivity index (χ4n) is 1.21. The molecule has 0 bridgehead atoms. The van der Waals surface area contributed by atoms with Crippen LogP contribution in [-0.2, 0) is 0 Å². The zero-order valence-electron chi connectivity index (χ0n) is 8.37. The highest BCUT2D eigenvalue weighted by Crippen LogP contribution is 2.10. The van der Waals surface area contributed by atoms with Gasteiger partial charge in [-0.05, 0) is 71.1 Å². The molecular formula is C14H8BrI. The lowest BCUT2D eigenvalue weighted by Crippen LogP contribution is -1.76. The van der Waals surface area contributed by atoms with E-state index in [-0.39, 0.29) is 0 Å². The van der Waals surface area contributed by atoms with E-state index in [9.17, 15) is 0 Å². The molecule has 0 atom stereocenters. The van der Waals surface area contributed by atoms with Crippen molar-refractivity contribution in [3.63, 3.8) is 0 Å². The summed E-state index contributed by atoms with van der Waals surface area (Å²) < 4.78 is 2.30. The molecule has 0 heterocycles. The van der Waals surface area contributed by atoms with E-state index in [1.54, 1.807) is 0 Å². The summed E-state index contributed by atoms with van der Waals surface area (Å²) in [6.07, 6.45) is 0. The average molecular weight is 383 g/mol. The van der Waals surface area contributed by atoms with E-state index in [4.69, 9.17) is 0 Å². The molecule has 16 heavy (non-hydrogen) atoms. The van der Waals surface area contributed by atoms with Crippen LogP contribution in [0.3, 0.4) is 0 Å². The van der Waals surface area contributed by atoms with Crippen molar-refractivity contribution in [3.8, 4) is 11.8 Å². The number of rotatable bonds is 0. The summed E-state index contributed by atoms with van der Waals surface area (Å²) in [7, 11) is 0. The number of hydrogen-bond acceptors (Lipinski definition) is 0. The van der Waals surface area contributed by atoms with Gasteiger partial charge in [-0.3, -0.25) is 0 Å². The predicted octanol–water partition coefficient (Wildman–Crippen LogP) is 4.45. The van der Waals surface area contributed by atoms with Gasteiger partial charge in [0, 0.05) is 19.2 Å². The lowest BCUT2D eigenvalue weighted by molar-refractivity contribution is 1.58. The molecule has 0 nitrogen and oxygen atoms in total. The van der Waals surface area contributed by atoms with Crippen molar-refractivity contribution in [3.05, 3.63) is 67.7 Å². The molecule has 2 aromatic rings. The van der Waals surface area contributed by atoms with E-state index in [1.807, 2.05) is 36.4 Å². The summed E-state index contributed by atoms with van der Waals surface area (Å²) in [5.41, 5.74) is 2.07. The van der Waals surface area contributed by atoms with Crippen LogP contribution in [-0.4, -0.2) is 0 Å². The molecule has 0 radical (unpaired) electrons. The van der Waals surface area contributed by atoms with Gasteiger partial charge in [-0.25, -0.2) is 0 Å². The first-order valence-electron chi connectivity index (χ1n) is 4.77. The van der Waals surface area contributed by atoms with Crippen LogP contribution in [0.25, 0.3) is 0 Å². The lowest BCUT2D eigenvalue weighted by Gasteiger charge is -1.92. The molecule has 0 aliphatic rings. The molecule has 2 heteroatoms. The number of halogens is 2. The molecule has 0 saturated heterocycles. The van der Waals surface area contributed by atoms with Gasteiger partial charge in [0.2, 0.25) is 0 Å². The minimum Gasteiger partial charge on any atom is -0.0617 e. The molecule has 0 amide bonds. The first-order chi connectivity index (χ1) is 7.74. The summed E-state index contributed by atoms with van der Waals surface area (Å²) in [6.45, 7) is 0. The van der Waals surface area contributed by atoms with Crippen molar-refractivity contribution in [1.29, 1.82) is 0 Å². The van der Waals surface area contributed by atoms with Gasteiger partial charge < -0.3 is 0 Å². The van der Waals surface area contributed by atoms with Gasteiger partial charge in [-0.15, -0.1) is 0 Å². The largest absolute Gasteiger partial charge is 0.0617 e. The molecule has 0 aromatic heterocycles. The Morgan fingerprint density at radius 3 is 1.69 bits per heavy atom. The molecule has 78 valence electrons. The van der Waals surface area contributed by atoms with Crippen molar-refractivity contribution in [2.45, 2.75) is 0 Å². The minimum absolute atomic E-state index is 1.03. The van der Waals surface area contributed by atoms with Crippen molar-refractivity contribution in [2.75, 3.05) is 0 Å². The van der Waals surface area contributed by atoms with Crippen LogP contribution in [0.4, 0.5) is 0 Å². The molecule has 0 aliphatic carbocycles. The SMILES string of the molecule is Brc1ccc(C#Cc2ccc(I)cc2)cc1. The summed E-state index contributed by atoms with van der Waals surface area (Å²) in [5.74, 6) is 6.27. The van der Waals surface area contributed by atoms with E-state index in [0.29, 0.717) is 0 Å². The van der Waals surface area contributed by atoms with Gasteiger partial charge in [0.05, 0.1) is 0 Å². The fraction of sp³-hybridized carbons (Fsp3) is 0. The van der Waals surface area contributed by atoms with Gasteiger partial charge in [-0.2, -0.15) is 0 Å². The third kappa shape index (κ3) is 3.36. The molecule has 0 saturated carbocycles. The maximum absolute atomic E-state index is 3.40. The van der Waals surface area contributed by atoms with E-state index in [1.165, 1.54) is 3.57 Å². The smallest absolute Gasteiger partial charge is 0.0249 e. The maximum atomic E-state index is 3.40. The Morgan fingerprint density at radius 2 is 1.19 bits per heavy atom. The van der Waals surface area contributed by atoms with E-state index >= 15 is 0 Å². The van der Waals surface area contributed by atoms with Crippen LogP contribution < -0.4 is 0 Å². The highest BCUT2D eigenvalue weighted by atomic mass is 127. The van der Waals surface area contributed by atoms with Crippen LogP contribution in [0.2, 0.25) is 0 Å². The molecule has 2 aromatic carbocycles. The Bertz CT molecular complexity index is 480. The number of benzene rings is 2. The molecule has 0 unspecified atom stereocenters. The first kappa shape index (κ1) is 11.7. The predicted molar refractivity (Wildman–Crippen MR) is 79.3 cm³/mol. The monoisotopic (exact) mass is 382 g/mol. The Kier molecular flexibility index (Phi) is 4.03. The van der Waals surface area contributed by atoms with E-state index in [0.717, 1.165) is 15.6 Å². The molecule has 0 fully saturated rings. The van der Waals surface area contributed by atoms with Crippen LogP contribution in [0.15, 0.2) is 53.0 Å². The zero-order chi connectivity index (χ0) is 11.4. The third-order valence-corrected chi connectivity index (χ3v) is 3.29. The standard InChI is InChI=1S/C14H8BrI/c15-13-7-3-11(4-8-13)1-2-12-5-9-14(16)10-6-12/h3-10H. The quantitative estimate of drug-likeness (QED) is 0.466. The highest BCUT2D eigenvalue weighted by molar-refractivity contribution is 14.1. The van der Waals surface area contributed by atoms with Crippen LogP contribution in [0, 0.1) is 15.4 Å². The molecule has 0 N–H and O–H groups in total. The van der Waals surface area contributed by atoms with Crippen molar-refractivity contribution >= 4 is 38.5 Å². The normalized spacial score (nSPS) is 9.38. The molecular weight excluding hydrogens is 375 g/mol. The minimum atomic E-state index is 1.03. The Labute approximate surface area is 117 Å². The van der Waals surface area contributed by atoms with Gasteiger partial charge in [-0.1, -0.05) is 27.8 Å². The first-order valence-corrected chi connectivity index (χ1v) is 6.64.